The zero-order valence-electron chi connectivity index (χ0n) is 52.8. The first-order valence-corrected chi connectivity index (χ1v) is 34.2. The summed E-state index contributed by atoms with van der Waals surface area (Å²) >= 11 is 0. The van der Waals surface area contributed by atoms with Crippen LogP contribution in [0.4, 0.5) is 0 Å². The van der Waals surface area contributed by atoms with E-state index in [4.69, 9.17) is 14.2 Å². The topological polar surface area (TPSA) is 78.9 Å². The Hall–Kier alpha value is -3.67. The molecule has 0 aromatic rings. The molecule has 0 aromatic heterocycles. The van der Waals surface area contributed by atoms with Gasteiger partial charge in [-0.05, 0) is 83.5 Å². The van der Waals surface area contributed by atoms with E-state index in [9.17, 15) is 14.4 Å². The number of hydrogen-bond donors (Lipinski definition) is 0. The van der Waals surface area contributed by atoms with Crippen LogP contribution in [0.3, 0.4) is 0 Å². The highest BCUT2D eigenvalue weighted by Crippen LogP contribution is 2.17. The van der Waals surface area contributed by atoms with Gasteiger partial charge in [0.1, 0.15) is 13.2 Å². The van der Waals surface area contributed by atoms with Crippen LogP contribution in [0.5, 0.6) is 0 Å². The SMILES string of the molecule is CC/C=C\C/C=C\C/C=C\C/C=C\C/C=C\C/C=C\C/C=C\C/C=C\CCCCCCCCCCC(=O)OCC(COC(=O)CCCCCCCCCCCCCCC)OC(=O)CCCCCCCCCCCCCCCCCC. The largest absolute Gasteiger partial charge is 0.462 e. The monoisotopic (exact) mass is 1110 g/mol. The molecule has 0 saturated heterocycles. The summed E-state index contributed by atoms with van der Waals surface area (Å²) < 4.78 is 16.9. The van der Waals surface area contributed by atoms with Gasteiger partial charge in [0.15, 0.2) is 6.10 Å². The second-order valence-electron chi connectivity index (χ2n) is 22.7. The summed E-state index contributed by atoms with van der Waals surface area (Å²) in [6.45, 7) is 6.56. The van der Waals surface area contributed by atoms with E-state index in [0.29, 0.717) is 19.3 Å². The first-order valence-electron chi connectivity index (χ1n) is 34.2. The fourth-order valence-electron chi connectivity index (χ4n) is 9.76. The van der Waals surface area contributed by atoms with Crippen molar-refractivity contribution in [2.45, 2.75) is 341 Å². The Morgan fingerprint density at radius 2 is 0.487 bits per heavy atom. The van der Waals surface area contributed by atoms with E-state index < -0.39 is 6.10 Å². The molecule has 6 nitrogen and oxygen atoms in total. The minimum Gasteiger partial charge on any atom is -0.462 e. The lowest BCUT2D eigenvalue weighted by Crippen LogP contribution is -2.30. The van der Waals surface area contributed by atoms with Gasteiger partial charge in [-0.3, -0.25) is 14.4 Å². The van der Waals surface area contributed by atoms with Crippen LogP contribution in [0.25, 0.3) is 0 Å². The number of esters is 3. The fraction of sp³-hybridized carbons (Fsp3) is 0.743. The summed E-state index contributed by atoms with van der Waals surface area (Å²) in [5.74, 6) is -0.866. The van der Waals surface area contributed by atoms with Crippen molar-refractivity contribution in [2.75, 3.05) is 13.2 Å². The third kappa shape index (κ3) is 65.1. The van der Waals surface area contributed by atoms with Crippen molar-refractivity contribution in [3.8, 4) is 0 Å². The molecule has 0 aliphatic carbocycles. The maximum Gasteiger partial charge on any atom is 0.306 e. The van der Waals surface area contributed by atoms with Crippen LogP contribution in [-0.2, 0) is 28.6 Å². The molecule has 0 amide bonds. The van der Waals surface area contributed by atoms with Gasteiger partial charge in [-0.15, -0.1) is 0 Å². The fourth-order valence-corrected chi connectivity index (χ4v) is 9.76. The van der Waals surface area contributed by atoms with E-state index in [1.807, 2.05) is 0 Å². The molecule has 0 fully saturated rings. The van der Waals surface area contributed by atoms with Crippen LogP contribution in [0.1, 0.15) is 335 Å². The molecule has 0 N–H and O–H groups in total. The number of rotatable bonds is 62. The van der Waals surface area contributed by atoms with Crippen LogP contribution < -0.4 is 0 Å². The summed E-state index contributed by atoms with van der Waals surface area (Å²) in [4.78, 5) is 38.3. The van der Waals surface area contributed by atoms with Gasteiger partial charge in [-0.25, -0.2) is 0 Å². The van der Waals surface area contributed by atoms with Crippen LogP contribution in [-0.4, -0.2) is 37.2 Å². The molecule has 0 heterocycles. The van der Waals surface area contributed by atoms with E-state index >= 15 is 0 Å². The lowest BCUT2D eigenvalue weighted by atomic mass is 10.0. The van der Waals surface area contributed by atoms with E-state index in [-0.39, 0.29) is 31.1 Å². The molecule has 0 spiro atoms. The molecule has 0 bridgehead atoms. The number of ether oxygens (including phenoxy) is 3. The second kappa shape index (κ2) is 67.8. The van der Waals surface area contributed by atoms with E-state index in [2.05, 4.69) is 118 Å². The average molecular weight is 1110 g/mol. The standard InChI is InChI=1S/C74H128O6/c1-4-7-10-13-16-19-22-25-27-29-30-31-32-33-34-35-36-37-38-39-40-41-42-43-44-45-47-49-52-55-58-61-64-67-73(76)79-70-71(69-78-72(75)66-63-60-57-54-51-48-24-21-18-15-12-9-6-3)80-74(77)68-65-62-59-56-53-50-46-28-26-23-20-17-14-11-8-5-2/h7,10,16,19,25,27,30-31,33-34,36-37,39-40,42-43,71H,4-6,8-9,11-15,17-18,20-24,26,28-29,32,35,38,41,44-70H2,1-3H3/b10-7-,19-16-,27-25-,31-30-,34-33-,37-36-,40-39-,43-42-. The van der Waals surface area contributed by atoms with Crippen molar-refractivity contribution in [3.05, 3.63) is 97.2 Å². The Morgan fingerprint density at radius 3 is 0.762 bits per heavy atom. The normalized spacial score (nSPS) is 12.7. The Labute approximate surface area is 496 Å². The molecule has 0 aromatic carbocycles. The van der Waals surface area contributed by atoms with Gasteiger partial charge in [0.2, 0.25) is 0 Å². The van der Waals surface area contributed by atoms with E-state index in [0.717, 1.165) is 116 Å². The van der Waals surface area contributed by atoms with Crippen LogP contribution in [0.2, 0.25) is 0 Å². The molecule has 0 aliphatic heterocycles. The first-order chi connectivity index (χ1) is 39.5. The predicted octanol–water partition coefficient (Wildman–Crippen LogP) is 23.6. The quantitative estimate of drug-likeness (QED) is 0.0261. The molecular weight excluding hydrogens is 985 g/mol. The number of hydrogen-bond acceptors (Lipinski definition) is 6. The molecular formula is C74H128O6. The average Bonchev–Trinajstić information content (AvgIpc) is 3.46. The summed E-state index contributed by atoms with van der Waals surface area (Å²) in [5, 5.41) is 0. The summed E-state index contributed by atoms with van der Waals surface area (Å²) in [6, 6.07) is 0. The minimum atomic E-state index is -0.778. The Kier molecular flexibility index (Phi) is 64.7. The van der Waals surface area contributed by atoms with Gasteiger partial charge in [0.25, 0.3) is 0 Å². The Balaban J connectivity index is 4.25. The summed E-state index contributed by atoms with van der Waals surface area (Å²) in [6.07, 6.45) is 91.4. The van der Waals surface area contributed by atoms with Crippen molar-refractivity contribution < 1.29 is 28.6 Å². The number of carbonyl (C=O) groups excluding carboxylic acids is 3. The van der Waals surface area contributed by atoms with Crippen LogP contribution >= 0.6 is 0 Å². The molecule has 460 valence electrons. The Morgan fingerprint density at radius 1 is 0.263 bits per heavy atom. The Bertz CT molecular complexity index is 1560. The highest BCUT2D eigenvalue weighted by atomic mass is 16.6. The molecule has 80 heavy (non-hydrogen) atoms. The van der Waals surface area contributed by atoms with Gasteiger partial charge in [-0.2, -0.15) is 0 Å². The summed E-state index contributed by atoms with van der Waals surface area (Å²) in [7, 11) is 0. The zero-order valence-corrected chi connectivity index (χ0v) is 52.8. The lowest BCUT2D eigenvalue weighted by molar-refractivity contribution is -0.167. The number of allylic oxidation sites excluding steroid dienone is 16. The van der Waals surface area contributed by atoms with Crippen molar-refractivity contribution in [1.29, 1.82) is 0 Å². The number of unbranched alkanes of at least 4 members (excludes halogenated alkanes) is 35. The highest BCUT2D eigenvalue weighted by molar-refractivity contribution is 5.71. The maximum atomic E-state index is 12.9. The first kappa shape index (κ1) is 76.3. The smallest absolute Gasteiger partial charge is 0.306 e. The third-order valence-electron chi connectivity index (χ3n) is 14.9. The van der Waals surface area contributed by atoms with Gasteiger partial charge < -0.3 is 14.2 Å². The molecule has 6 heteroatoms. The number of carbonyl (C=O) groups is 3. The molecule has 0 aliphatic rings. The zero-order chi connectivity index (χ0) is 57.8. The van der Waals surface area contributed by atoms with E-state index in [1.54, 1.807) is 0 Å². The minimum absolute atomic E-state index is 0.0742. The molecule has 1 unspecified atom stereocenters. The second-order valence-corrected chi connectivity index (χ2v) is 22.7. The van der Waals surface area contributed by atoms with Gasteiger partial charge in [-0.1, -0.05) is 330 Å². The van der Waals surface area contributed by atoms with E-state index in [1.165, 1.54) is 180 Å². The van der Waals surface area contributed by atoms with Crippen molar-refractivity contribution in [2.24, 2.45) is 0 Å². The van der Waals surface area contributed by atoms with Gasteiger partial charge in [0.05, 0.1) is 0 Å². The molecule has 0 saturated carbocycles. The molecule has 0 rings (SSSR count). The van der Waals surface area contributed by atoms with Crippen molar-refractivity contribution >= 4 is 17.9 Å². The van der Waals surface area contributed by atoms with Gasteiger partial charge >= 0.3 is 17.9 Å². The van der Waals surface area contributed by atoms with Crippen LogP contribution in [0, 0.1) is 0 Å². The van der Waals surface area contributed by atoms with Gasteiger partial charge in [0, 0.05) is 19.3 Å². The maximum absolute atomic E-state index is 12.9. The lowest BCUT2D eigenvalue weighted by Gasteiger charge is -2.18. The highest BCUT2D eigenvalue weighted by Gasteiger charge is 2.19. The van der Waals surface area contributed by atoms with Crippen molar-refractivity contribution in [1.82, 2.24) is 0 Å². The van der Waals surface area contributed by atoms with Crippen molar-refractivity contribution in [3.63, 3.8) is 0 Å². The molecule has 1 atom stereocenters. The summed E-state index contributed by atoms with van der Waals surface area (Å²) in [5.41, 5.74) is 0. The molecule has 0 radical (unpaired) electrons. The third-order valence-corrected chi connectivity index (χ3v) is 14.9. The van der Waals surface area contributed by atoms with Crippen LogP contribution in [0.15, 0.2) is 97.2 Å². The predicted molar refractivity (Wildman–Crippen MR) is 348 cm³/mol.